The summed E-state index contributed by atoms with van der Waals surface area (Å²) in [6, 6.07) is 10.8. The predicted molar refractivity (Wildman–Crippen MR) is 91.8 cm³/mol. The quantitative estimate of drug-likeness (QED) is 0.801. The van der Waals surface area contributed by atoms with Crippen molar-refractivity contribution in [1.82, 2.24) is 14.8 Å². The number of nitrogens with one attached hydrogen (secondary N) is 1. The average molecular weight is 319 g/mol. The van der Waals surface area contributed by atoms with Crippen molar-refractivity contribution >= 4 is 22.6 Å². The maximum atomic E-state index is 12.7. The summed E-state index contributed by atoms with van der Waals surface area (Å²) in [5.41, 5.74) is 3.04. The standard InChI is InChI=1S/C18H17N5O/c1-11(2)23-17-16(10-20-23)15(7-12(3)21-17)18(24)22-14-6-4-5-13(8-14)9-19/h4-8,10-11H,1-3H3,(H,22,24). The number of nitrogens with zero attached hydrogens (tertiary/aromatic N) is 4. The van der Waals surface area contributed by atoms with Crippen LogP contribution in [0, 0.1) is 18.3 Å². The summed E-state index contributed by atoms with van der Waals surface area (Å²) in [7, 11) is 0. The zero-order chi connectivity index (χ0) is 17.3. The van der Waals surface area contributed by atoms with Gasteiger partial charge in [-0.25, -0.2) is 9.67 Å². The average Bonchev–Trinajstić information content (AvgIpc) is 2.98. The van der Waals surface area contributed by atoms with Gasteiger partial charge in [0.15, 0.2) is 5.65 Å². The molecule has 6 heteroatoms. The van der Waals surface area contributed by atoms with E-state index in [2.05, 4.69) is 21.5 Å². The molecule has 0 unspecified atom stereocenters. The number of anilines is 1. The highest BCUT2D eigenvalue weighted by Crippen LogP contribution is 2.22. The largest absolute Gasteiger partial charge is 0.322 e. The molecule has 0 bridgehead atoms. The first kappa shape index (κ1) is 15.7. The van der Waals surface area contributed by atoms with Crippen molar-refractivity contribution in [3.05, 3.63) is 53.3 Å². The van der Waals surface area contributed by atoms with E-state index in [4.69, 9.17) is 5.26 Å². The fourth-order valence-corrected chi connectivity index (χ4v) is 2.57. The first-order valence-corrected chi connectivity index (χ1v) is 7.66. The lowest BCUT2D eigenvalue weighted by atomic mass is 10.1. The van der Waals surface area contributed by atoms with Crippen molar-refractivity contribution in [2.45, 2.75) is 26.8 Å². The Morgan fingerprint density at radius 1 is 1.33 bits per heavy atom. The molecule has 0 spiro atoms. The zero-order valence-electron chi connectivity index (χ0n) is 13.7. The molecule has 2 aromatic heterocycles. The Morgan fingerprint density at radius 2 is 2.12 bits per heavy atom. The molecule has 0 saturated heterocycles. The number of nitriles is 1. The summed E-state index contributed by atoms with van der Waals surface area (Å²) in [4.78, 5) is 17.2. The van der Waals surface area contributed by atoms with E-state index in [0.717, 1.165) is 5.69 Å². The third-order valence-corrected chi connectivity index (χ3v) is 3.68. The summed E-state index contributed by atoms with van der Waals surface area (Å²) < 4.78 is 1.80. The van der Waals surface area contributed by atoms with Gasteiger partial charge in [0.1, 0.15) is 0 Å². The SMILES string of the molecule is Cc1cc(C(=O)Nc2cccc(C#N)c2)c2cnn(C(C)C)c2n1. The van der Waals surface area contributed by atoms with Gasteiger partial charge in [-0.3, -0.25) is 4.79 Å². The van der Waals surface area contributed by atoms with Crippen LogP contribution in [0.15, 0.2) is 36.5 Å². The van der Waals surface area contributed by atoms with Gasteiger partial charge >= 0.3 is 0 Å². The first-order chi connectivity index (χ1) is 11.5. The van der Waals surface area contributed by atoms with Crippen molar-refractivity contribution < 1.29 is 4.79 Å². The summed E-state index contributed by atoms with van der Waals surface area (Å²) in [6.07, 6.45) is 1.67. The molecule has 0 atom stereocenters. The van der Waals surface area contributed by atoms with Gasteiger partial charge in [0.05, 0.1) is 28.8 Å². The van der Waals surface area contributed by atoms with Crippen LogP contribution in [0.2, 0.25) is 0 Å². The van der Waals surface area contributed by atoms with Crippen LogP contribution in [0.3, 0.4) is 0 Å². The first-order valence-electron chi connectivity index (χ1n) is 7.66. The van der Waals surface area contributed by atoms with Crippen molar-refractivity contribution in [2.75, 3.05) is 5.32 Å². The van der Waals surface area contributed by atoms with Crippen LogP contribution in [0.1, 0.15) is 41.5 Å². The Bertz CT molecular complexity index is 965. The van der Waals surface area contributed by atoms with Gasteiger partial charge in [-0.05, 0) is 45.0 Å². The molecule has 3 aromatic rings. The number of carbonyl (C=O) groups is 1. The molecule has 1 aromatic carbocycles. The number of aryl methyl sites for hydroxylation is 1. The van der Waals surface area contributed by atoms with Crippen LogP contribution >= 0.6 is 0 Å². The van der Waals surface area contributed by atoms with Crippen LogP contribution in [0.5, 0.6) is 0 Å². The van der Waals surface area contributed by atoms with Crippen LogP contribution in [-0.4, -0.2) is 20.7 Å². The van der Waals surface area contributed by atoms with Gasteiger partial charge in [0, 0.05) is 17.4 Å². The number of carbonyl (C=O) groups excluding carboxylic acids is 1. The van der Waals surface area contributed by atoms with E-state index in [-0.39, 0.29) is 11.9 Å². The lowest BCUT2D eigenvalue weighted by molar-refractivity contribution is 0.102. The Morgan fingerprint density at radius 3 is 2.83 bits per heavy atom. The summed E-state index contributed by atoms with van der Waals surface area (Å²) in [6.45, 7) is 5.89. The molecule has 6 nitrogen and oxygen atoms in total. The van der Waals surface area contributed by atoms with E-state index in [9.17, 15) is 4.79 Å². The van der Waals surface area contributed by atoms with Gasteiger partial charge in [0.25, 0.3) is 5.91 Å². The van der Waals surface area contributed by atoms with E-state index in [1.807, 2.05) is 20.8 Å². The molecule has 2 heterocycles. The summed E-state index contributed by atoms with van der Waals surface area (Å²) in [5.74, 6) is -0.246. The molecule has 1 N–H and O–H groups in total. The number of benzene rings is 1. The minimum absolute atomic E-state index is 0.153. The maximum Gasteiger partial charge on any atom is 0.256 e. The molecule has 0 aliphatic rings. The topological polar surface area (TPSA) is 83.6 Å². The van der Waals surface area contributed by atoms with Gasteiger partial charge in [-0.1, -0.05) is 6.07 Å². The van der Waals surface area contributed by atoms with E-state index in [1.54, 1.807) is 41.2 Å². The molecule has 120 valence electrons. The lowest BCUT2D eigenvalue weighted by Crippen LogP contribution is -2.13. The van der Waals surface area contributed by atoms with Gasteiger partial charge in [-0.15, -0.1) is 0 Å². The minimum Gasteiger partial charge on any atom is -0.322 e. The van der Waals surface area contributed by atoms with E-state index in [0.29, 0.717) is 27.8 Å². The van der Waals surface area contributed by atoms with Gasteiger partial charge in [-0.2, -0.15) is 10.4 Å². The van der Waals surface area contributed by atoms with E-state index >= 15 is 0 Å². The predicted octanol–water partition coefficient (Wildman–Crippen LogP) is 3.44. The molecular formula is C18H17N5O. The Labute approximate surface area is 139 Å². The highest BCUT2D eigenvalue weighted by atomic mass is 16.1. The molecule has 0 radical (unpaired) electrons. The number of rotatable bonds is 3. The lowest BCUT2D eigenvalue weighted by Gasteiger charge is -2.09. The smallest absolute Gasteiger partial charge is 0.256 e. The van der Waals surface area contributed by atoms with Crippen molar-refractivity contribution in [3.8, 4) is 6.07 Å². The van der Waals surface area contributed by atoms with Crippen LogP contribution in [-0.2, 0) is 0 Å². The second kappa shape index (κ2) is 6.13. The summed E-state index contributed by atoms with van der Waals surface area (Å²) in [5, 5.41) is 16.9. The Balaban J connectivity index is 2.02. The fourth-order valence-electron chi connectivity index (χ4n) is 2.57. The molecule has 0 fully saturated rings. The third-order valence-electron chi connectivity index (χ3n) is 3.68. The van der Waals surface area contributed by atoms with Crippen molar-refractivity contribution in [1.29, 1.82) is 5.26 Å². The number of pyridine rings is 1. The third kappa shape index (κ3) is 2.84. The second-order valence-electron chi connectivity index (χ2n) is 5.88. The second-order valence-corrected chi connectivity index (χ2v) is 5.88. The number of hydrogen-bond donors (Lipinski definition) is 1. The zero-order valence-corrected chi connectivity index (χ0v) is 13.7. The number of hydrogen-bond acceptors (Lipinski definition) is 4. The summed E-state index contributed by atoms with van der Waals surface area (Å²) >= 11 is 0. The van der Waals surface area contributed by atoms with Crippen LogP contribution < -0.4 is 5.32 Å². The fraction of sp³-hybridized carbons (Fsp3) is 0.222. The molecule has 0 aliphatic heterocycles. The highest BCUT2D eigenvalue weighted by Gasteiger charge is 2.17. The van der Waals surface area contributed by atoms with Gasteiger partial charge < -0.3 is 5.32 Å². The number of amides is 1. The minimum atomic E-state index is -0.246. The van der Waals surface area contributed by atoms with Crippen LogP contribution in [0.25, 0.3) is 11.0 Å². The van der Waals surface area contributed by atoms with Crippen molar-refractivity contribution in [2.24, 2.45) is 0 Å². The molecule has 1 amide bonds. The van der Waals surface area contributed by atoms with Gasteiger partial charge in [0.2, 0.25) is 0 Å². The monoisotopic (exact) mass is 319 g/mol. The van der Waals surface area contributed by atoms with E-state index < -0.39 is 0 Å². The Kier molecular flexibility index (Phi) is 4.00. The number of aromatic nitrogens is 3. The molecule has 0 saturated carbocycles. The normalized spacial score (nSPS) is 10.8. The Hall–Kier alpha value is -3.20. The molecule has 0 aliphatic carbocycles. The molecule has 24 heavy (non-hydrogen) atoms. The molecular weight excluding hydrogens is 302 g/mol. The van der Waals surface area contributed by atoms with Crippen LogP contribution in [0.4, 0.5) is 5.69 Å². The maximum absolute atomic E-state index is 12.7. The highest BCUT2D eigenvalue weighted by molar-refractivity contribution is 6.12. The molecule has 3 rings (SSSR count). The number of fused-ring (bicyclic) bond motifs is 1. The van der Waals surface area contributed by atoms with E-state index in [1.165, 1.54) is 0 Å². The van der Waals surface area contributed by atoms with Crippen molar-refractivity contribution in [3.63, 3.8) is 0 Å².